The summed E-state index contributed by atoms with van der Waals surface area (Å²) in [6.45, 7) is 5.68. The van der Waals surface area contributed by atoms with Gasteiger partial charge in [0.25, 0.3) is 0 Å². The van der Waals surface area contributed by atoms with Crippen molar-refractivity contribution in [1.82, 2.24) is 19.8 Å². The number of carbonyl (C=O) groups is 2. The molecule has 0 bridgehead atoms. The molecule has 1 aromatic rings. The number of likely N-dealkylation sites (tertiary alicyclic amines) is 1. The summed E-state index contributed by atoms with van der Waals surface area (Å²) < 4.78 is 31.7. The summed E-state index contributed by atoms with van der Waals surface area (Å²) in [5.41, 5.74) is 1.13. The molecule has 2 aliphatic rings. The molecule has 3 heterocycles. The molecular weight excluding hydrogens is 415 g/mol. The predicted molar refractivity (Wildman–Crippen MR) is 109 cm³/mol. The molecule has 31 heavy (non-hydrogen) atoms. The van der Waals surface area contributed by atoms with Crippen molar-refractivity contribution in [2.24, 2.45) is 0 Å². The van der Waals surface area contributed by atoms with Gasteiger partial charge in [0.15, 0.2) is 0 Å². The van der Waals surface area contributed by atoms with Gasteiger partial charge in [-0.15, -0.1) is 0 Å². The van der Waals surface area contributed by atoms with E-state index in [-0.39, 0.29) is 5.54 Å². The molecule has 1 N–H and O–H groups in total. The zero-order valence-electron chi connectivity index (χ0n) is 18.2. The number of hydrogen-bond donors (Lipinski definition) is 1. The van der Waals surface area contributed by atoms with E-state index in [9.17, 15) is 18.0 Å². The Morgan fingerprint density at radius 3 is 2.35 bits per heavy atom. The second-order valence-electron chi connectivity index (χ2n) is 8.28. The molecule has 1 amide bonds. The Morgan fingerprint density at radius 1 is 1.19 bits per heavy atom. The molecule has 0 aliphatic carbocycles. The highest BCUT2D eigenvalue weighted by Gasteiger charge is 2.45. The van der Waals surface area contributed by atoms with Crippen molar-refractivity contribution in [1.29, 1.82) is 0 Å². The van der Waals surface area contributed by atoms with Crippen LogP contribution in [0.2, 0.25) is 0 Å². The topological polar surface area (TPSA) is 89.9 Å². The van der Waals surface area contributed by atoms with Gasteiger partial charge >= 0.3 is 12.1 Å². The van der Waals surface area contributed by atoms with Gasteiger partial charge in [-0.1, -0.05) is 0 Å². The first-order valence-corrected chi connectivity index (χ1v) is 10.2. The number of aromatic nitrogens is 2. The van der Waals surface area contributed by atoms with Crippen molar-refractivity contribution in [3.63, 3.8) is 0 Å². The van der Waals surface area contributed by atoms with E-state index in [1.165, 1.54) is 0 Å². The van der Waals surface area contributed by atoms with Crippen LogP contribution in [0.3, 0.4) is 0 Å². The Balaban J connectivity index is 0.000000423. The number of carboxylic acids is 1. The largest absolute Gasteiger partial charge is 0.490 e. The number of nitrogens with zero attached hydrogens (tertiary/aromatic N) is 5. The lowest BCUT2D eigenvalue weighted by Crippen LogP contribution is -2.48. The third-order valence-electron chi connectivity index (χ3n) is 5.66. The molecule has 0 radical (unpaired) electrons. The van der Waals surface area contributed by atoms with Crippen LogP contribution in [0.5, 0.6) is 0 Å². The van der Waals surface area contributed by atoms with Gasteiger partial charge in [-0.25, -0.2) is 14.8 Å². The number of amides is 1. The van der Waals surface area contributed by atoms with Gasteiger partial charge in [0, 0.05) is 50.5 Å². The zero-order chi connectivity index (χ0) is 23.2. The van der Waals surface area contributed by atoms with E-state index >= 15 is 0 Å². The van der Waals surface area contributed by atoms with Gasteiger partial charge < -0.3 is 19.8 Å². The summed E-state index contributed by atoms with van der Waals surface area (Å²) in [5.74, 6) is -1.61. The molecule has 2 fully saturated rings. The van der Waals surface area contributed by atoms with Crippen molar-refractivity contribution in [3.8, 4) is 0 Å². The Kier molecular flexibility index (Phi) is 8.21. The molecule has 174 valence electrons. The number of alkyl halides is 3. The lowest BCUT2D eigenvalue weighted by Gasteiger charge is -2.38. The Hall–Kier alpha value is -2.43. The quantitative estimate of drug-likeness (QED) is 0.761. The minimum Gasteiger partial charge on any atom is -0.475 e. The molecule has 0 aromatic carbocycles. The summed E-state index contributed by atoms with van der Waals surface area (Å²) in [6.07, 6.45) is 3.58. The van der Waals surface area contributed by atoms with Crippen LogP contribution < -0.4 is 4.90 Å². The smallest absolute Gasteiger partial charge is 0.475 e. The molecule has 2 saturated heterocycles. The number of aryl methyl sites for hydroxylation is 1. The lowest BCUT2D eigenvalue weighted by atomic mass is 9.87. The number of rotatable bonds is 4. The molecule has 1 unspecified atom stereocenters. The monoisotopic (exact) mass is 445 g/mol. The Labute approximate surface area is 180 Å². The predicted octanol–water partition coefficient (Wildman–Crippen LogP) is 2.33. The van der Waals surface area contributed by atoms with Crippen molar-refractivity contribution in [2.45, 2.75) is 50.7 Å². The normalized spacial score (nSPS) is 21.8. The third kappa shape index (κ3) is 6.78. The minimum atomic E-state index is -5.08. The van der Waals surface area contributed by atoms with E-state index in [0.29, 0.717) is 12.3 Å². The number of carboxylic acid groups (broad SMARTS) is 1. The highest BCUT2D eigenvalue weighted by molar-refractivity contribution is 5.79. The van der Waals surface area contributed by atoms with E-state index in [1.54, 1.807) is 0 Å². The molecule has 2 aliphatic heterocycles. The van der Waals surface area contributed by atoms with Crippen LogP contribution in [0.25, 0.3) is 0 Å². The Morgan fingerprint density at radius 2 is 1.81 bits per heavy atom. The third-order valence-corrected chi connectivity index (χ3v) is 5.66. The maximum absolute atomic E-state index is 12.4. The second kappa shape index (κ2) is 10.3. The van der Waals surface area contributed by atoms with Gasteiger partial charge in [-0.3, -0.25) is 4.79 Å². The van der Waals surface area contributed by atoms with E-state index < -0.39 is 12.1 Å². The fraction of sp³-hybridized carbons (Fsp3) is 0.700. The van der Waals surface area contributed by atoms with Crippen LogP contribution in [-0.4, -0.2) is 88.7 Å². The molecule has 1 atom stereocenters. The highest BCUT2D eigenvalue weighted by atomic mass is 19.4. The average Bonchev–Trinajstić information content (AvgIpc) is 2.85. The number of aliphatic carboxylic acids is 1. The van der Waals surface area contributed by atoms with Crippen LogP contribution in [-0.2, 0) is 9.59 Å². The van der Waals surface area contributed by atoms with E-state index in [4.69, 9.17) is 9.90 Å². The molecule has 0 saturated carbocycles. The second-order valence-corrected chi connectivity index (χ2v) is 8.28. The molecule has 1 spiro atoms. The summed E-state index contributed by atoms with van der Waals surface area (Å²) in [7, 11) is 4.13. The van der Waals surface area contributed by atoms with Crippen molar-refractivity contribution >= 4 is 17.8 Å². The van der Waals surface area contributed by atoms with E-state index in [0.717, 1.165) is 63.4 Å². The zero-order valence-corrected chi connectivity index (χ0v) is 18.2. The first kappa shape index (κ1) is 24.8. The lowest BCUT2D eigenvalue weighted by molar-refractivity contribution is -0.192. The van der Waals surface area contributed by atoms with Gasteiger partial charge in [0.1, 0.15) is 0 Å². The highest BCUT2D eigenvalue weighted by Crippen LogP contribution is 2.39. The van der Waals surface area contributed by atoms with Gasteiger partial charge in [-0.2, -0.15) is 13.2 Å². The Bertz CT molecular complexity index is 757. The van der Waals surface area contributed by atoms with Crippen LogP contribution in [0.1, 0.15) is 37.7 Å². The molecule has 11 heteroatoms. The number of anilines is 1. The number of hydrogen-bond acceptors (Lipinski definition) is 6. The van der Waals surface area contributed by atoms with Crippen molar-refractivity contribution < 1.29 is 27.9 Å². The fourth-order valence-corrected chi connectivity index (χ4v) is 3.98. The van der Waals surface area contributed by atoms with Crippen LogP contribution >= 0.6 is 0 Å². The molecule has 3 rings (SSSR count). The average molecular weight is 445 g/mol. The summed E-state index contributed by atoms with van der Waals surface area (Å²) in [4.78, 5) is 36.9. The number of halogens is 3. The van der Waals surface area contributed by atoms with Gasteiger partial charge in [0.05, 0.1) is 0 Å². The number of likely N-dealkylation sites (N-methyl/N-ethyl adjacent to an activating group) is 1. The maximum atomic E-state index is 12.4. The first-order valence-electron chi connectivity index (χ1n) is 10.2. The maximum Gasteiger partial charge on any atom is 0.490 e. The summed E-state index contributed by atoms with van der Waals surface area (Å²) >= 11 is 0. The van der Waals surface area contributed by atoms with Gasteiger partial charge in [-0.05, 0) is 52.3 Å². The minimum absolute atomic E-state index is 0.0482. The van der Waals surface area contributed by atoms with Crippen LogP contribution in [0.4, 0.5) is 19.1 Å². The molecule has 1 aromatic heterocycles. The van der Waals surface area contributed by atoms with Gasteiger partial charge in [0.2, 0.25) is 11.9 Å². The van der Waals surface area contributed by atoms with E-state index in [1.807, 2.05) is 19.3 Å². The summed E-state index contributed by atoms with van der Waals surface area (Å²) in [6, 6.07) is 0. The van der Waals surface area contributed by atoms with Crippen molar-refractivity contribution in [2.75, 3.05) is 45.2 Å². The van der Waals surface area contributed by atoms with Crippen LogP contribution in [0.15, 0.2) is 12.4 Å². The SMILES string of the molecule is Cc1cnc(N2CCCC3(CCC(=O)N3CCN(C)C)CC2)nc1.O=C(O)C(F)(F)F. The molecule has 8 nitrogen and oxygen atoms in total. The fourth-order valence-electron chi connectivity index (χ4n) is 3.98. The number of carbonyl (C=O) groups excluding carboxylic acids is 1. The van der Waals surface area contributed by atoms with Crippen molar-refractivity contribution in [3.05, 3.63) is 18.0 Å². The summed E-state index contributed by atoms with van der Waals surface area (Å²) in [5, 5.41) is 7.12. The molecular formula is C20H30F3N5O3. The van der Waals surface area contributed by atoms with E-state index in [2.05, 4.69) is 38.8 Å². The first-order chi connectivity index (χ1) is 14.4. The van der Waals surface area contributed by atoms with Crippen LogP contribution in [0, 0.1) is 6.92 Å². The standard InChI is InChI=1S/C18H29N5O.C2HF3O2/c1-15-13-19-17(20-14-15)22-9-4-6-18(8-10-22)7-5-16(24)23(18)12-11-21(2)3;3-2(4,5)1(6)7/h13-14H,4-12H2,1-3H3;(H,6,7).